The van der Waals surface area contributed by atoms with Crippen LogP contribution < -0.4 is 0 Å². The van der Waals surface area contributed by atoms with Crippen LogP contribution in [0.25, 0.3) is 11.3 Å². The highest BCUT2D eigenvalue weighted by Gasteiger charge is 2.33. The Labute approximate surface area is 148 Å². The molecule has 0 saturated carbocycles. The Morgan fingerprint density at radius 3 is 2.72 bits per heavy atom. The molecule has 1 aliphatic rings. The minimum atomic E-state index is 0.0118. The summed E-state index contributed by atoms with van der Waals surface area (Å²) in [5.74, 6) is 0.0118. The number of nitrogens with zero attached hydrogens (tertiary/aromatic N) is 4. The summed E-state index contributed by atoms with van der Waals surface area (Å²) in [6, 6.07) is 4.35. The molecule has 134 valence electrons. The molecule has 1 aliphatic heterocycles. The Morgan fingerprint density at radius 1 is 1.32 bits per heavy atom. The molecule has 7 heteroatoms. The number of hydrogen-bond acceptors (Lipinski definition) is 5. The molecule has 3 rings (SSSR count). The van der Waals surface area contributed by atoms with Gasteiger partial charge in [-0.15, -0.1) is 0 Å². The van der Waals surface area contributed by atoms with E-state index in [0.29, 0.717) is 25.3 Å². The molecule has 1 amide bonds. The molecule has 2 aromatic rings. The second-order valence-electron chi connectivity index (χ2n) is 6.54. The van der Waals surface area contributed by atoms with Crippen LogP contribution in [0.5, 0.6) is 0 Å². The lowest BCUT2D eigenvalue weighted by Crippen LogP contribution is -2.58. The number of carbonyl (C=O) groups is 1. The van der Waals surface area contributed by atoms with Gasteiger partial charge in [0.25, 0.3) is 5.91 Å². The normalized spacial score (nSPS) is 21.5. The lowest BCUT2D eigenvalue weighted by molar-refractivity contribution is 0.0194. The van der Waals surface area contributed by atoms with Gasteiger partial charge in [0, 0.05) is 56.8 Å². The van der Waals surface area contributed by atoms with Gasteiger partial charge in [0.1, 0.15) is 0 Å². The van der Waals surface area contributed by atoms with Gasteiger partial charge in [-0.05, 0) is 26.0 Å². The van der Waals surface area contributed by atoms with E-state index in [1.807, 2.05) is 17.0 Å². The van der Waals surface area contributed by atoms with Crippen molar-refractivity contribution in [3.05, 3.63) is 36.3 Å². The summed E-state index contributed by atoms with van der Waals surface area (Å²) in [5, 5.41) is 7.02. The third-order valence-corrected chi connectivity index (χ3v) is 4.76. The lowest BCUT2D eigenvalue weighted by Gasteiger charge is -2.44. The number of hydrogen-bond donors (Lipinski definition) is 1. The highest BCUT2D eigenvalue weighted by molar-refractivity contribution is 5.99. The van der Waals surface area contributed by atoms with Crippen LogP contribution in [-0.4, -0.2) is 76.3 Å². The van der Waals surface area contributed by atoms with Crippen LogP contribution in [0.15, 0.2) is 30.7 Å². The number of rotatable bonds is 5. The monoisotopic (exact) mass is 343 g/mol. The van der Waals surface area contributed by atoms with E-state index in [0.717, 1.165) is 17.8 Å². The second-order valence-corrected chi connectivity index (χ2v) is 6.54. The van der Waals surface area contributed by atoms with Crippen LogP contribution in [0.3, 0.4) is 0 Å². The predicted molar refractivity (Wildman–Crippen MR) is 95.2 cm³/mol. The molecular weight excluding hydrogens is 318 g/mol. The average molecular weight is 343 g/mol. The SMILES string of the molecule is COCCN1[C@H](C)CN(C(=O)c2cn[nH]c2-c2cccnc2)C[C@@H]1C. The van der Waals surface area contributed by atoms with Gasteiger partial charge in [0.2, 0.25) is 0 Å². The largest absolute Gasteiger partial charge is 0.383 e. The van der Waals surface area contributed by atoms with Crippen molar-refractivity contribution in [1.29, 1.82) is 0 Å². The third kappa shape index (κ3) is 3.72. The van der Waals surface area contributed by atoms with Crippen molar-refractivity contribution in [3.63, 3.8) is 0 Å². The smallest absolute Gasteiger partial charge is 0.257 e. The third-order valence-electron chi connectivity index (χ3n) is 4.76. The number of aromatic amines is 1. The Hall–Kier alpha value is -2.25. The number of aromatic nitrogens is 3. The van der Waals surface area contributed by atoms with Crippen molar-refractivity contribution < 1.29 is 9.53 Å². The molecule has 1 fully saturated rings. The number of pyridine rings is 1. The van der Waals surface area contributed by atoms with E-state index in [9.17, 15) is 4.79 Å². The molecular formula is C18H25N5O2. The Morgan fingerprint density at radius 2 is 2.08 bits per heavy atom. The zero-order chi connectivity index (χ0) is 17.8. The van der Waals surface area contributed by atoms with Gasteiger partial charge < -0.3 is 9.64 Å². The van der Waals surface area contributed by atoms with Gasteiger partial charge in [-0.25, -0.2) is 0 Å². The van der Waals surface area contributed by atoms with Crippen molar-refractivity contribution in [1.82, 2.24) is 25.0 Å². The van der Waals surface area contributed by atoms with Crippen molar-refractivity contribution in [2.24, 2.45) is 0 Å². The number of piperazine rings is 1. The van der Waals surface area contributed by atoms with E-state index in [4.69, 9.17) is 4.74 Å². The fourth-order valence-corrected chi connectivity index (χ4v) is 3.51. The van der Waals surface area contributed by atoms with Gasteiger partial charge in [0.05, 0.1) is 24.1 Å². The molecule has 0 aromatic carbocycles. The van der Waals surface area contributed by atoms with Crippen LogP contribution in [0.4, 0.5) is 0 Å². The lowest BCUT2D eigenvalue weighted by atomic mass is 10.1. The van der Waals surface area contributed by atoms with E-state index in [1.165, 1.54) is 0 Å². The molecule has 2 aromatic heterocycles. The molecule has 0 radical (unpaired) electrons. The van der Waals surface area contributed by atoms with Crippen molar-refractivity contribution in [2.45, 2.75) is 25.9 Å². The molecule has 0 unspecified atom stereocenters. The molecule has 7 nitrogen and oxygen atoms in total. The molecule has 3 heterocycles. The van der Waals surface area contributed by atoms with Gasteiger partial charge in [-0.3, -0.25) is 19.8 Å². The molecule has 25 heavy (non-hydrogen) atoms. The van der Waals surface area contributed by atoms with Crippen molar-refractivity contribution in [2.75, 3.05) is 33.4 Å². The van der Waals surface area contributed by atoms with Crippen LogP contribution in [-0.2, 0) is 4.74 Å². The first-order valence-corrected chi connectivity index (χ1v) is 8.59. The Bertz CT molecular complexity index is 691. The van der Waals surface area contributed by atoms with Gasteiger partial charge in [-0.1, -0.05) is 0 Å². The summed E-state index contributed by atoms with van der Waals surface area (Å²) in [4.78, 5) is 21.5. The van der Waals surface area contributed by atoms with Crippen molar-refractivity contribution >= 4 is 5.91 Å². The maximum Gasteiger partial charge on any atom is 0.257 e. The highest BCUT2D eigenvalue weighted by Crippen LogP contribution is 2.23. The predicted octanol–water partition coefficient (Wildman–Crippen LogP) is 1.65. The number of nitrogens with one attached hydrogen (secondary N) is 1. The topological polar surface area (TPSA) is 74.3 Å². The van der Waals surface area contributed by atoms with Crippen LogP contribution in [0.1, 0.15) is 24.2 Å². The number of carbonyl (C=O) groups excluding carboxylic acids is 1. The zero-order valence-corrected chi connectivity index (χ0v) is 15.0. The summed E-state index contributed by atoms with van der Waals surface area (Å²) in [7, 11) is 1.72. The first kappa shape index (κ1) is 17.6. The molecule has 1 N–H and O–H groups in total. The molecule has 0 bridgehead atoms. The first-order chi connectivity index (χ1) is 12.1. The standard InChI is InChI=1S/C18H25N5O2/c1-13-11-22(12-14(2)23(13)7-8-25-3)18(24)16-10-20-21-17(16)15-5-4-6-19-9-15/h4-6,9-10,13-14H,7-8,11-12H2,1-3H3,(H,20,21)/t13-,14+. The maximum absolute atomic E-state index is 13.1. The van der Waals surface area contributed by atoms with E-state index >= 15 is 0 Å². The van der Waals surface area contributed by atoms with E-state index in [2.05, 4.69) is 33.9 Å². The minimum Gasteiger partial charge on any atom is -0.383 e. The highest BCUT2D eigenvalue weighted by atomic mass is 16.5. The average Bonchev–Trinajstić information content (AvgIpc) is 3.10. The number of H-pyrrole nitrogens is 1. The summed E-state index contributed by atoms with van der Waals surface area (Å²) >= 11 is 0. The van der Waals surface area contributed by atoms with Gasteiger partial charge in [0.15, 0.2) is 0 Å². The van der Waals surface area contributed by atoms with E-state index in [1.54, 1.807) is 25.7 Å². The summed E-state index contributed by atoms with van der Waals surface area (Å²) in [6.45, 7) is 7.30. The fraction of sp³-hybridized carbons (Fsp3) is 0.500. The summed E-state index contributed by atoms with van der Waals surface area (Å²) < 4.78 is 5.20. The van der Waals surface area contributed by atoms with Gasteiger partial charge in [-0.2, -0.15) is 5.10 Å². The number of amides is 1. The quantitative estimate of drug-likeness (QED) is 0.894. The Balaban J connectivity index is 1.76. The van der Waals surface area contributed by atoms with E-state index < -0.39 is 0 Å². The zero-order valence-electron chi connectivity index (χ0n) is 15.0. The summed E-state index contributed by atoms with van der Waals surface area (Å²) in [6.07, 6.45) is 5.06. The van der Waals surface area contributed by atoms with Gasteiger partial charge >= 0.3 is 0 Å². The molecule has 0 spiro atoms. The van der Waals surface area contributed by atoms with Crippen molar-refractivity contribution in [3.8, 4) is 11.3 Å². The molecule has 2 atom stereocenters. The first-order valence-electron chi connectivity index (χ1n) is 8.59. The summed E-state index contributed by atoms with van der Waals surface area (Å²) in [5.41, 5.74) is 2.18. The van der Waals surface area contributed by atoms with E-state index in [-0.39, 0.29) is 18.0 Å². The Kier molecular flexibility index (Phi) is 5.45. The minimum absolute atomic E-state index is 0.0118. The maximum atomic E-state index is 13.1. The van der Waals surface area contributed by atoms with Crippen LogP contribution in [0.2, 0.25) is 0 Å². The number of methoxy groups -OCH3 is 1. The number of ether oxygens (including phenoxy) is 1. The van der Waals surface area contributed by atoms with Crippen LogP contribution in [0, 0.1) is 0 Å². The van der Waals surface area contributed by atoms with Crippen LogP contribution >= 0.6 is 0 Å². The second kappa shape index (κ2) is 7.76. The molecule has 1 saturated heterocycles. The molecule has 0 aliphatic carbocycles. The fourth-order valence-electron chi connectivity index (χ4n) is 3.51.